The molecule has 0 unspecified atom stereocenters. The third-order valence-electron chi connectivity index (χ3n) is 5.68. The van der Waals surface area contributed by atoms with E-state index in [0.717, 1.165) is 5.56 Å². The molecular weight excluding hydrogens is 400 g/mol. The summed E-state index contributed by atoms with van der Waals surface area (Å²) in [7, 11) is 0. The van der Waals surface area contributed by atoms with Gasteiger partial charge in [-0.2, -0.15) is 0 Å². The number of nitrogens with zero attached hydrogens (tertiary/aromatic N) is 2. The average Bonchev–Trinajstić information content (AvgIpc) is 3.13. The van der Waals surface area contributed by atoms with Crippen LogP contribution in [0.3, 0.4) is 0 Å². The third-order valence-corrected chi connectivity index (χ3v) is 5.68. The number of hydrogen-bond acceptors (Lipinski definition) is 6. The van der Waals surface area contributed by atoms with Gasteiger partial charge >= 0.3 is 18.2 Å². The molecule has 2 fully saturated rings. The van der Waals surface area contributed by atoms with Crippen molar-refractivity contribution in [3.63, 3.8) is 0 Å². The van der Waals surface area contributed by atoms with Crippen LogP contribution in [-0.2, 0) is 25.6 Å². The van der Waals surface area contributed by atoms with Gasteiger partial charge in [0, 0.05) is 19.6 Å². The predicted octanol–water partition coefficient (Wildman–Crippen LogP) is 3.59. The molecule has 2 heterocycles. The molecule has 2 aliphatic rings. The van der Waals surface area contributed by atoms with Gasteiger partial charge in [0.1, 0.15) is 17.6 Å². The minimum absolute atomic E-state index is 0.142. The maximum Gasteiger partial charge on any atom is 0.410 e. The van der Waals surface area contributed by atoms with E-state index in [1.807, 2.05) is 30.3 Å². The lowest BCUT2D eigenvalue weighted by Gasteiger charge is -2.43. The second-order valence-corrected chi connectivity index (χ2v) is 9.09. The number of rotatable bonds is 4. The SMILES string of the molecule is CCOC(=O)[C@@]12CCCN(C(=O)OC(C)(C)C)[C@@H]1CN(C(=O)OCc1ccccc1)C2. The summed E-state index contributed by atoms with van der Waals surface area (Å²) in [4.78, 5) is 41.8. The molecule has 2 saturated heterocycles. The first kappa shape index (κ1) is 22.9. The smallest absolute Gasteiger partial charge is 0.410 e. The van der Waals surface area contributed by atoms with Crippen LogP contribution in [0.4, 0.5) is 9.59 Å². The van der Waals surface area contributed by atoms with Crippen LogP contribution in [0.5, 0.6) is 0 Å². The molecule has 31 heavy (non-hydrogen) atoms. The minimum atomic E-state index is -0.975. The molecular formula is C23H32N2O6. The quantitative estimate of drug-likeness (QED) is 0.534. The summed E-state index contributed by atoms with van der Waals surface area (Å²) in [6.45, 7) is 8.35. The Morgan fingerprint density at radius 1 is 1.10 bits per heavy atom. The Morgan fingerprint density at radius 2 is 1.81 bits per heavy atom. The van der Waals surface area contributed by atoms with Gasteiger partial charge in [0.2, 0.25) is 0 Å². The van der Waals surface area contributed by atoms with Crippen molar-refractivity contribution in [1.29, 1.82) is 0 Å². The fourth-order valence-electron chi connectivity index (χ4n) is 4.32. The molecule has 0 bridgehead atoms. The Labute approximate surface area is 183 Å². The second kappa shape index (κ2) is 9.16. The van der Waals surface area contributed by atoms with Crippen LogP contribution in [0.15, 0.2) is 30.3 Å². The van der Waals surface area contributed by atoms with Gasteiger partial charge < -0.3 is 24.0 Å². The Kier molecular flexibility index (Phi) is 6.77. The number of fused-ring (bicyclic) bond motifs is 1. The molecule has 8 nitrogen and oxygen atoms in total. The molecule has 0 N–H and O–H groups in total. The van der Waals surface area contributed by atoms with Crippen molar-refractivity contribution in [3.05, 3.63) is 35.9 Å². The maximum atomic E-state index is 13.0. The fourth-order valence-corrected chi connectivity index (χ4v) is 4.32. The lowest BCUT2D eigenvalue weighted by Crippen LogP contribution is -2.58. The van der Waals surface area contributed by atoms with Gasteiger partial charge in [0.25, 0.3) is 0 Å². The zero-order chi connectivity index (χ0) is 22.6. The topological polar surface area (TPSA) is 85.4 Å². The molecule has 1 aromatic carbocycles. The molecule has 1 aromatic rings. The van der Waals surface area contributed by atoms with Crippen LogP contribution < -0.4 is 0 Å². The molecule has 2 aliphatic heterocycles. The maximum absolute atomic E-state index is 13.0. The van der Waals surface area contributed by atoms with Gasteiger partial charge in [-0.3, -0.25) is 4.79 Å². The van der Waals surface area contributed by atoms with Crippen LogP contribution in [-0.4, -0.2) is 65.8 Å². The summed E-state index contributed by atoms with van der Waals surface area (Å²) >= 11 is 0. The van der Waals surface area contributed by atoms with Gasteiger partial charge in [-0.25, -0.2) is 9.59 Å². The largest absolute Gasteiger partial charge is 0.465 e. The summed E-state index contributed by atoms with van der Waals surface area (Å²) in [5.74, 6) is -0.383. The highest BCUT2D eigenvalue weighted by Gasteiger charge is 2.59. The third kappa shape index (κ3) is 5.11. The summed E-state index contributed by atoms with van der Waals surface area (Å²) < 4.78 is 16.4. The molecule has 0 spiro atoms. The van der Waals surface area contributed by atoms with Crippen LogP contribution in [0.2, 0.25) is 0 Å². The Bertz CT molecular complexity index is 806. The van der Waals surface area contributed by atoms with E-state index in [9.17, 15) is 14.4 Å². The zero-order valence-corrected chi connectivity index (χ0v) is 18.8. The Balaban J connectivity index is 1.79. The fraction of sp³-hybridized carbons (Fsp3) is 0.609. The summed E-state index contributed by atoms with van der Waals surface area (Å²) in [6, 6.07) is 8.89. The molecule has 3 rings (SSSR count). The van der Waals surface area contributed by atoms with E-state index < -0.39 is 29.2 Å². The van der Waals surface area contributed by atoms with E-state index >= 15 is 0 Å². The first-order valence-electron chi connectivity index (χ1n) is 10.8. The van der Waals surface area contributed by atoms with E-state index in [0.29, 0.717) is 19.4 Å². The Hall–Kier alpha value is -2.77. The molecule has 170 valence electrons. The standard InChI is InChI=1S/C23H32N2O6/c1-5-29-19(26)23-12-9-13-25(21(28)31-22(2,3)4)18(23)14-24(16-23)20(27)30-15-17-10-7-6-8-11-17/h6-8,10-11,18H,5,9,12-16H2,1-4H3/t18-,23-/m1/s1. The highest BCUT2D eigenvalue weighted by molar-refractivity contribution is 5.82. The molecule has 0 aromatic heterocycles. The first-order valence-corrected chi connectivity index (χ1v) is 10.8. The summed E-state index contributed by atoms with van der Waals surface area (Å²) in [5, 5.41) is 0. The second-order valence-electron chi connectivity index (χ2n) is 9.09. The van der Waals surface area contributed by atoms with Crippen molar-refractivity contribution in [1.82, 2.24) is 9.80 Å². The lowest BCUT2D eigenvalue weighted by molar-refractivity contribution is -0.160. The molecule has 2 atom stereocenters. The number of piperidine rings is 1. The molecule has 0 aliphatic carbocycles. The highest BCUT2D eigenvalue weighted by Crippen LogP contribution is 2.43. The van der Waals surface area contributed by atoms with Crippen LogP contribution in [0.1, 0.15) is 46.1 Å². The number of carbonyl (C=O) groups is 3. The monoisotopic (exact) mass is 432 g/mol. The van der Waals surface area contributed by atoms with Gasteiger partial charge in [-0.05, 0) is 46.1 Å². The van der Waals surface area contributed by atoms with Crippen molar-refractivity contribution >= 4 is 18.2 Å². The number of carbonyl (C=O) groups excluding carboxylic acids is 3. The number of hydrogen-bond donors (Lipinski definition) is 0. The Morgan fingerprint density at radius 3 is 2.45 bits per heavy atom. The van der Waals surface area contributed by atoms with E-state index in [4.69, 9.17) is 14.2 Å². The lowest BCUT2D eigenvalue weighted by atomic mass is 9.75. The van der Waals surface area contributed by atoms with E-state index in [2.05, 4.69) is 0 Å². The molecule has 2 amide bonds. The van der Waals surface area contributed by atoms with Crippen molar-refractivity contribution in [2.24, 2.45) is 5.41 Å². The summed E-state index contributed by atoms with van der Waals surface area (Å²) in [5.41, 5.74) is -0.756. The van der Waals surface area contributed by atoms with Crippen LogP contribution in [0, 0.1) is 5.41 Å². The molecule has 0 saturated carbocycles. The first-order chi connectivity index (χ1) is 14.7. The normalized spacial score (nSPS) is 23.2. The van der Waals surface area contributed by atoms with E-state index in [-0.39, 0.29) is 32.3 Å². The van der Waals surface area contributed by atoms with Gasteiger partial charge in [-0.1, -0.05) is 30.3 Å². The van der Waals surface area contributed by atoms with Gasteiger partial charge in [-0.15, -0.1) is 0 Å². The number of esters is 1. The number of amides is 2. The van der Waals surface area contributed by atoms with E-state index in [1.165, 1.54) is 4.90 Å². The van der Waals surface area contributed by atoms with Crippen molar-refractivity contribution in [2.45, 2.75) is 58.8 Å². The van der Waals surface area contributed by atoms with Gasteiger partial charge in [0.15, 0.2) is 0 Å². The number of benzene rings is 1. The van der Waals surface area contributed by atoms with Crippen LogP contribution >= 0.6 is 0 Å². The number of ether oxygens (including phenoxy) is 3. The van der Waals surface area contributed by atoms with Gasteiger partial charge in [0.05, 0.1) is 12.6 Å². The minimum Gasteiger partial charge on any atom is -0.465 e. The number of likely N-dealkylation sites (tertiary alicyclic amines) is 2. The zero-order valence-electron chi connectivity index (χ0n) is 18.8. The summed E-state index contributed by atoms with van der Waals surface area (Å²) in [6.07, 6.45) is 0.177. The van der Waals surface area contributed by atoms with Crippen molar-refractivity contribution in [3.8, 4) is 0 Å². The van der Waals surface area contributed by atoms with E-state index in [1.54, 1.807) is 32.6 Å². The average molecular weight is 433 g/mol. The predicted molar refractivity (Wildman–Crippen MR) is 113 cm³/mol. The molecule has 8 heteroatoms. The molecule has 0 radical (unpaired) electrons. The van der Waals surface area contributed by atoms with Crippen LogP contribution in [0.25, 0.3) is 0 Å². The van der Waals surface area contributed by atoms with Crippen molar-refractivity contribution in [2.75, 3.05) is 26.2 Å². The van der Waals surface area contributed by atoms with Crippen molar-refractivity contribution < 1.29 is 28.6 Å². The highest BCUT2D eigenvalue weighted by atomic mass is 16.6.